The van der Waals surface area contributed by atoms with E-state index in [1.165, 1.54) is 11.8 Å². The first-order chi connectivity index (χ1) is 11.4. The molecule has 0 radical (unpaired) electrons. The molecule has 0 aliphatic carbocycles. The molecule has 2 aromatic rings. The van der Waals surface area contributed by atoms with Gasteiger partial charge in [-0.15, -0.1) is 11.8 Å². The first-order valence-corrected chi connectivity index (χ1v) is 9.85. The van der Waals surface area contributed by atoms with Gasteiger partial charge in [0.1, 0.15) is 0 Å². The van der Waals surface area contributed by atoms with Gasteiger partial charge < -0.3 is 10.1 Å². The SMILES string of the molecule is CSc1ccc(Cl)c(C(=O)OCC(=O)Nc2ccc(Br)cc2Br)c1. The van der Waals surface area contributed by atoms with Crippen LogP contribution >= 0.6 is 55.2 Å². The third-order valence-electron chi connectivity index (χ3n) is 2.93. The Hall–Kier alpha value is -1.02. The van der Waals surface area contributed by atoms with Crippen molar-refractivity contribution in [3.8, 4) is 0 Å². The molecule has 1 N–H and O–H groups in total. The lowest BCUT2D eigenvalue weighted by molar-refractivity contribution is -0.119. The quantitative estimate of drug-likeness (QED) is 0.449. The Labute approximate surface area is 165 Å². The largest absolute Gasteiger partial charge is 0.452 e. The Morgan fingerprint density at radius 2 is 1.96 bits per heavy atom. The third kappa shape index (κ3) is 5.24. The summed E-state index contributed by atoms with van der Waals surface area (Å²) in [6, 6.07) is 10.4. The summed E-state index contributed by atoms with van der Waals surface area (Å²) in [5, 5.41) is 2.95. The van der Waals surface area contributed by atoms with E-state index in [1.807, 2.05) is 12.3 Å². The summed E-state index contributed by atoms with van der Waals surface area (Å²) < 4.78 is 6.63. The molecular formula is C16H12Br2ClNO3S. The minimum absolute atomic E-state index is 0.237. The summed E-state index contributed by atoms with van der Waals surface area (Å²) in [7, 11) is 0. The lowest BCUT2D eigenvalue weighted by atomic mass is 10.2. The van der Waals surface area contributed by atoms with E-state index >= 15 is 0 Å². The van der Waals surface area contributed by atoms with Crippen LogP contribution in [0.15, 0.2) is 50.2 Å². The number of rotatable bonds is 5. The summed E-state index contributed by atoms with van der Waals surface area (Å²) in [6.07, 6.45) is 1.89. The van der Waals surface area contributed by atoms with Gasteiger partial charge >= 0.3 is 5.97 Å². The molecule has 2 aromatic carbocycles. The molecule has 0 saturated carbocycles. The fourth-order valence-electron chi connectivity index (χ4n) is 1.77. The van der Waals surface area contributed by atoms with E-state index in [2.05, 4.69) is 37.2 Å². The van der Waals surface area contributed by atoms with Crippen molar-refractivity contribution in [2.24, 2.45) is 0 Å². The number of benzene rings is 2. The Morgan fingerprint density at radius 3 is 2.62 bits per heavy atom. The number of halogens is 3. The van der Waals surface area contributed by atoms with Gasteiger partial charge in [-0.1, -0.05) is 27.5 Å². The van der Waals surface area contributed by atoms with Gasteiger partial charge in [0.05, 0.1) is 16.3 Å². The van der Waals surface area contributed by atoms with Crippen LogP contribution in [0.3, 0.4) is 0 Å². The van der Waals surface area contributed by atoms with Crippen LogP contribution in [0.5, 0.6) is 0 Å². The topological polar surface area (TPSA) is 55.4 Å². The average molecular weight is 494 g/mol. The second-order valence-corrected chi connectivity index (χ2v) is 7.65. The molecule has 24 heavy (non-hydrogen) atoms. The molecule has 1 amide bonds. The van der Waals surface area contributed by atoms with Crippen molar-refractivity contribution in [3.63, 3.8) is 0 Å². The fourth-order valence-corrected chi connectivity index (χ4v) is 3.55. The minimum atomic E-state index is -0.638. The number of nitrogens with one attached hydrogen (secondary N) is 1. The van der Waals surface area contributed by atoms with Crippen molar-refractivity contribution in [2.75, 3.05) is 18.2 Å². The number of carbonyl (C=O) groups excluding carboxylic acids is 2. The molecule has 0 unspecified atom stereocenters. The summed E-state index contributed by atoms with van der Waals surface area (Å²) in [5.74, 6) is -1.08. The van der Waals surface area contributed by atoms with Gasteiger partial charge in [0.25, 0.3) is 5.91 Å². The molecule has 0 atom stereocenters. The molecule has 0 aliphatic rings. The zero-order valence-corrected chi connectivity index (χ0v) is 17.2. The van der Waals surface area contributed by atoms with Crippen LogP contribution in [-0.4, -0.2) is 24.7 Å². The van der Waals surface area contributed by atoms with E-state index in [4.69, 9.17) is 16.3 Å². The van der Waals surface area contributed by atoms with Crippen LogP contribution in [0, 0.1) is 0 Å². The molecule has 8 heteroatoms. The van der Waals surface area contributed by atoms with Crippen LogP contribution in [0.1, 0.15) is 10.4 Å². The summed E-state index contributed by atoms with van der Waals surface area (Å²) in [5.41, 5.74) is 0.822. The number of anilines is 1. The van der Waals surface area contributed by atoms with Crippen molar-refractivity contribution in [2.45, 2.75) is 4.90 Å². The summed E-state index contributed by atoms with van der Waals surface area (Å²) >= 11 is 14.2. The van der Waals surface area contributed by atoms with Crippen LogP contribution < -0.4 is 5.32 Å². The first kappa shape index (κ1) is 19.3. The second kappa shape index (κ2) is 8.89. The molecule has 2 rings (SSSR count). The number of carbonyl (C=O) groups is 2. The Morgan fingerprint density at radius 1 is 1.21 bits per heavy atom. The zero-order chi connectivity index (χ0) is 17.7. The minimum Gasteiger partial charge on any atom is -0.452 e. The molecule has 126 valence electrons. The van der Waals surface area contributed by atoms with Crippen LogP contribution in [0.4, 0.5) is 5.69 Å². The van der Waals surface area contributed by atoms with Gasteiger partial charge in [-0.2, -0.15) is 0 Å². The van der Waals surface area contributed by atoms with Gasteiger partial charge in [0.15, 0.2) is 6.61 Å². The van der Waals surface area contributed by atoms with Crippen molar-refractivity contribution < 1.29 is 14.3 Å². The van der Waals surface area contributed by atoms with E-state index in [9.17, 15) is 9.59 Å². The van der Waals surface area contributed by atoms with Gasteiger partial charge in [-0.25, -0.2) is 4.79 Å². The van der Waals surface area contributed by atoms with E-state index < -0.39 is 18.5 Å². The second-order valence-electron chi connectivity index (χ2n) is 4.59. The van der Waals surface area contributed by atoms with Crippen molar-refractivity contribution in [3.05, 3.63) is 55.9 Å². The Balaban J connectivity index is 1.97. The number of hydrogen-bond donors (Lipinski definition) is 1. The van der Waals surface area contributed by atoms with E-state index in [0.29, 0.717) is 10.2 Å². The molecule has 0 aromatic heterocycles. The highest BCUT2D eigenvalue weighted by atomic mass is 79.9. The van der Waals surface area contributed by atoms with Crippen LogP contribution in [0.25, 0.3) is 0 Å². The maximum atomic E-state index is 12.1. The lowest BCUT2D eigenvalue weighted by Gasteiger charge is -2.09. The summed E-state index contributed by atoms with van der Waals surface area (Å²) in [4.78, 5) is 24.9. The highest BCUT2D eigenvalue weighted by Gasteiger charge is 2.15. The Bertz CT molecular complexity index is 786. The molecule has 0 aliphatic heterocycles. The van der Waals surface area contributed by atoms with Crippen molar-refractivity contribution in [1.82, 2.24) is 0 Å². The third-order valence-corrected chi connectivity index (χ3v) is 5.14. The van der Waals surface area contributed by atoms with E-state index in [-0.39, 0.29) is 10.6 Å². The average Bonchev–Trinajstić information content (AvgIpc) is 2.55. The van der Waals surface area contributed by atoms with Crippen LogP contribution in [0.2, 0.25) is 5.02 Å². The number of esters is 1. The van der Waals surface area contributed by atoms with Crippen LogP contribution in [-0.2, 0) is 9.53 Å². The van der Waals surface area contributed by atoms with Gasteiger partial charge in [-0.3, -0.25) is 4.79 Å². The number of thioether (sulfide) groups is 1. The molecule has 0 heterocycles. The Kier molecular flexibility index (Phi) is 7.16. The molecule has 0 spiro atoms. The first-order valence-electron chi connectivity index (χ1n) is 6.66. The van der Waals surface area contributed by atoms with Gasteiger partial charge in [0.2, 0.25) is 0 Å². The lowest BCUT2D eigenvalue weighted by Crippen LogP contribution is -2.21. The maximum Gasteiger partial charge on any atom is 0.340 e. The monoisotopic (exact) mass is 491 g/mol. The maximum absolute atomic E-state index is 12.1. The number of amides is 1. The smallest absolute Gasteiger partial charge is 0.340 e. The summed E-state index contributed by atoms with van der Waals surface area (Å²) in [6.45, 7) is -0.402. The molecular weight excluding hydrogens is 482 g/mol. The zero-order valence-electron chi connectivity index (χ0n) is 12.4. The molecule has 4 nitrogen and oxygen atoms in total. The predicted octanol–water partition coefficient (Wildman–Crippen LogP) is 5.38. The number of hydrogen-bond acceptors (Lipinski definition) is 4. The predicted molar refractivity (Wildman–Crippen MR) is 104 cm³/mol. The number of ether oxygens (including phenoxy) is 1. The molecule has 0 saturated heterocycles. The molecule has 0 bridgehead atoms. The van der Waals surface area contributed by atoms with Gasteiger partial charge in [-0.05, 0) is 58.6 Å². The van der Waals surface area contributed by atoms with Crippen molar-refractivity contribution >= 4 is 72.8 Å². The molecule has 0 fully saturated rings. The van der Waals surface area contributed by atoms with E-state index in [1.54, 1.807) is 30.3 Å². The highest BCUT2D eigenvalue weighted by Crippen LogP contribution is 2.26. The van der Waals surface area contributed by atoms with Crippen molar-refractivity contribution in [1.29, 1.82) is 0 Å². The van der Waals surface area contributed by atoms with Gasteiger partial charge in [0, 0.05) is 13.8 Å². The van der Waals surface area contributed by atoms with E-state index in [0.717, 1.165) is 9.37 Å². The standard InChI is InChI=1S/C16H12Br2ClNO3S/c1-24-10-3-4-13(19)11(7-10)16(22)23-8-15(21)20-14-5-2-9(17)6-12(14)18/h2-7H,8H2,1H3,(H,20,21). The highest BCUT2D eigenvalue weighted by molar-refractivity contribution is 9.11. The normalized spacial score (nSPS) is 10.3. The fraction of sp³-hybridized carbons (Fsp3) is 0.125.